The van der Waals surface area contributed by atoms with E-state index < -0.39 is 6.10 Å². The van der Waals surface area contributed by atoms with Crippen LogP contribution < -0.4 is 4.74 Å². The molecule has 0 amide bonds. The first-order valence-corrected chi connectivity index (χ1v) is 5.89. The highest BCUT2D eigenvalue weighted by molar-refractivity contribution is 5.42. The third-order valence-electron chi connectivity index (χ3n) is 2.75. The van der Waals surface area contributed by atoms with Gasteiger partial charge in [-0.05, 0) is 56.0 Å². The topological polar surface area (TPSA) is 53.2 Å². The van der Waals surface area contributed by atoms with Crippen molar-refractivity contribution in [3.05, 3.63) is 28.8 Å². The van der Waals surface area contributed by atoms with Crippen molar-refractivity contribution in [3.8, 4) is 11.8 Å². The molecule has 0 radical (unpaired) electrons. The molecule has 1 atom stereocenters. The largest absolute Gasteiger partial charge is 0.494 e. The summed E-state index contributed by atoms with van der Waals surface area (Å²) < 4.78 is 5.50. The van der Waals surface area contributed by atoms with Crippen molar-refractivity contribution in [2.45, 2.75) is 39.7 Å². The van der Waals surface area contributed by atoms with E-state index in [0.29, 0.717) is 19.4 Å². The Hall–Kier alpha value is -1.53. The molecule has 3 nitrogen and oxygen atoms in total. The number of aliphatic hydroxyl groups is 1. The van der Waals surface area contributed by atoms with Crippen molar-refractivity contribution in [3.63, 3.8) is 0 Å². The van der Waals surface area contributed by atoms with Crippen molar-refractivity contribution in [1.82, 2.24) is 0 Å². The quantitative estimate of drug-likeness (QED) is 0.850. The van der Waals surface area contributed by atoms with E-state index in [9.17, 15) is 5.11 Å². The lowest BCUT2D eigenvalue weighted by molar-refractivity contribution is 0.168. The summed E-state index contributed by atoms with van der Waals surface area (Å²) in [5, 5.41) is 18.5. The summed E-state index contributed by atoms with van der Waals surface area (Å²) in [7, 11) is 0. The first-order chi connectivity index (χ1) is 8.10. The molecule has 0 aliphatic heterocycles. The highest BCUT2D eigenvalue weighted by Crippen LogP contribution is 2.28. The van der Waals surface area contributed by atoms with E-state index in [1.165, 1.54) is 0 Å². The lowest BCUT2D eigenvalue weighted by atomic mass is 9.97. The second-order valence-electron chi connectivity index (χ2n) is 4.12. The first kappa shape index (κ1) is 13.5. The molecular formula is C14H19NO2. The Balaban J connectivity index is 2.94. The van der Waals surface area contributed by atoms with Gasteiger partial charge in [0.05, 0.1) is 18.8 Å². The summed E-state index contributed by atoms with van der Waals surface area (Å²) in [5.41, 5.74) is 2.91. The maximum absolute atomic E-state index is 9.99. The number of benzene rings is 1. The third-order valence-corrected chi connectivity index (χ3v) is 2.75. The van der Waals surface area contributed by atoms with Crippen molar-refractivity contribution >= 4 is 0 Å². The number of ether oxygens (including phenoxy) is 1. The number of aliphatic hydroxyl groups excluding tert-OH is 1. The average Bonchev–Trinajstić information content (AvgIpc) is 2.30. The van der Waals surface area contributed by atoms with Crippen LogP contribution >= 0.6 is 0 Å². The maximum Gasteiger partial charge on any atom is 0.122 e. The number of rotatable bonds is 5. The fraction of sp³-hybridized carbons (Fsp3) is 0.500. The second kappa shape index (κ2) is 6.27. The molecule has 1 rings (SSSR count). The fourth-order valence-electron chi connectivity index (χ4n) is 1.84. The van der Waals surface area contributed by atoms with Gasteiger partial charge in [0, 0.05) is 6.42 Å². The van der Waals surface area contributed by atoms with Gasteiger partial charge in [0.25, 0.3) is 0 Å². The van der Waals surface area contributed by atoms with Gasteiger partial charge in [0.2, 0.25) is 0 Å². The van der Waals surface area contributed by atoms with Crippen LogP contribution in [0.3, 0.4) is 0 Å². The SMILES string of the molecule is CCOc1cc(C)c(C(O)CCC#N)cc1C. The summed E-state index contributed by atoms with van der Waals surface area (Å²) in [5.74, 6) is 0.862. The molecule has 0 heterocycles. The van der Waals surface area contributed by atoms with Crippen LogP contribution in [0.2, 0.25) is 0 Å². The van der Waals surface area contributed by atoms with Crippen LogP contribution in [0.25, 0.3) is 0 Å². The Labute approximate surface area is 103 Å². The van der Waals surface area contributed by atoms with Gasteiger partial charge in [-0.2, -0.15) is 5.26 Å². The highest BCUT2D eigenvalue weighted by Gasteiger charge is 2.12. The van der Waals surface area contributed by atoms with Crippen LogP contribution in [-0.2, 0) is 0 Å². The summed E-state index contributed by atoms with van der Waals surface area (Å²) >= 11 is 0. The van der Waals surface area contributed by atoms with Crippen LogP contribution in [0, 0.1) is 25.2 Å². The molecule has 1 N–H and O–H groups in total. The van der Waals surface area contributed by atoms with Gasteiger partial charge in [-0.3, -0.25) is 0 Å². The third kappa shape index (κ3) is 3.47. The number of hydrogen-bond donors (Lipinski definition) is 1. The summed E-state index contributed by atoms with van der Waals surface area (Å²) in [6.07, 6.45) is 0.279. The fourth-order valence-corrected chi connectivity index (χ4v) is 1.84. The molecule has 1 aromatic rings. The zero-order valence-electron chi connectivity index (χ0n) is 10.7. The minimum atomic E-state index is -0.566. The van der Waals surface area contributed by atoms with Gasteiger partial charge in [-0.15, -0.1) is 0 Å². The smallest absolute Gasteiger partial charge is 0.122 e. The van der Waals surface area contributed by atoms with Crippen molar-refractivity contribution < 1.29 is 9.84 Å². The van der Waals surface area contributed by atoms with Gasteiger partial charge in [-0.1, -0.05) is 0 Å². The van der Waals surface area contributed by atoms with Crippen LogP contribution in [0.4, 0.5) is 0 Å². The molecule has 17 heavy (non-hydrogen) atoms. The molecule has 0 aromatic heterocycles. The predicted octanol–water partition coefficient (Wildman–Crippen LogP) is 3.04. The van der Waals surface area contributed by atoms with Gasteiger partial charge >= 0.3 is 0 Å². The monoisotopic (exact) mass is 233 g/mol. The van der Waals surface area contributed by atoms with Crippen molar-refractivity contribution in [2.24, 2.45) is 0 Å². The standard InChI is InChI=1S/C14H19NO2/c1-4-17-14-9-10(2)12(8-11(14)3)13(16)6-5-7-15/h8-9,13,16H,4-6H2,1-3H3. The normalized spacial score (nSPS) is 11.9. The van der Waals surface area contributed by atoms with Crippen LogP contribution in [0.1, 0.15) is 42.6 Å². The Kier molecular flexibility index (Phi) is 4.99. The molecule has 0 fully saturated rings. The number of nitrogens with zero attached hydrogens (tertiary/aromatic N) is 1. The van der Waals surface area contributed by atoms with Crippen molar-refractivity contribution in [1.29, 1.82) is 5.26 Å². The maximum atomic E-state index is 9.99. The van der Waals surface area contributed by atoms with Crippen molar-refractivity contribution in [2.75, 3.05) is 6.61 Å². The Bertz CT molecular complexity index is 421. The van der Waals surface area contributed by atoms with E-state index in [2.05, 4.69) is 0 Å². The number of hydrogen-bond acceptors (Lipinski definition) is 3. The second-order valence-corrected chi connectivity index (χ2v) is 4.12. The van der Waals surface area contributed by atoms with E-state index >= 15 is 0 Å². The zero-order valence-corrected chi connectivity index (χ0v) is 10.7. The van der Waals surface area contributed by atoms with Crippen LogP contribution in [0.15, 0.2) is 12.1 Å². The molecule has 0 bridgehead atoms. The Morgan fingerprint density at radius 3 is 2.65 bits per heavy atom. The Morgan fingerprint density at radius 1 is 1.35 bits per heavy atom. The van der Waals surface area contributed by atoms with E-state index in [1.807, 2.05) is 39.0 Å². The molecule has 1 unspecified atom stereocenters. The summed E-state index contributed by atoms with van der Waals surface area (Å²) in [4.78, 5) is 0. The van der Waals surface area contributed by atoms with Gasteiger partial charge in [0.15, 0.2) is 0 Å². The zero-order chi connectivity index (χ0) is 12.8. The van der Waals surface area contributed by atoms with E-state index in [-0.39, 0.29) is 0 Å². The molecule has 0 spiro atoms. The summed E-state index contributed by atoms with van der Waals surface area (Å²) in [6.45, 7) is 6.50. The van der Waals surface area contributed by atoms with Gasteiger partial charge in [-0.25, -0.2) is 0 Å². The summed E-state index contributed by atoms with van der Waals surface area (Å²) in [6, 6.07) is 5.94. The molecular weight excluding hydrogens is 214 g/mol. The first-order valence-electron chi connectivity index (χ1n) is 5.89. The molecule has 1 aromatic carbocycles. The average molecular weight is 233 g/mol. The molecule has 0 saturated carbocycles. The lowest BCUT2D eigenvalue weighted by Gasteiger charge is -2.16. The molecule has 0 aliphatic carbocycles. The number of nitriles is 1. The molecule has 0 aliphatic rings. The lowest BCUT2D eigenvalue weighted by Crippen LogP contribution is -2.02. The molecule has 3 heteroatoms. The molecule has 92 valence electrons. The van der Waals surface area contributed by atoms with Gasteiger partial charge < -0.3 is 9.84 Å². The number of aryl methyl sites for hydroxylation is 2. The van der Waals surface area contributed by atoms with Crippen LogP contribution in [-0.4, -0.2) is 11.7 Å². The predicted molar refractivity (Wildman–Crippen MR) is 66.9 cm³/mol. The highest BCUT2D eigenvalue weighted by atomic mass is 16.5. The molecule has 0 saturated heterocycles. The van der Waals surface area contributed by atoms with E-state index in [1.54, 1.807) is 0 Å². The van der Waals surface area contributed by atoms with E-state index in [0.717, 1.165) is 22.4 Å². The van der Waals surface area contributed by atoms with Crippen LogP contribution in [0.5, 0.6) is 5.75 Å². The minimum Gasteiger partial charge on any atom is -0.494 e. The minimum absolute atomic E-state index is 0.368. The van der Waals surface area contributed by atoms with Gasteiger partial charge in [0.1, 0.15) is 5.75 Å². The Morgan fingerprint density at radius 2 is 2.06 bits per heavy atom. The van der Waals surface area contributed by atoms with E-state index in [4.69, 9.17) is 10.00 Å².